The largest absolute Gasteiger partial charge is 0.409 e. The molecule has 0 aliphatic carbocycles. The summed E-state index contributed by atoms with van der Waals surface area (Å²) in [5, 5.41) is 11.9. The molecule has 0 saturated carbocycles. The lowest BCUT2D eigenvalue weighted by molar-refractivity contribution is -0.140. The topological polar surface area (TPSA) is 78.9 Å². The summed E-state index contributed by atoms with van der Waals surface area (Å²) in [7, 11) is 0. The Morgan fingerprint density at radius 1 is 1.50 bits per heavy atom. The Morgan fingerprint density at radius 3 is 2.56 bits per heavy atom. The Bertz CT molecular complexity index is 343. The van der Waals surface area contributed by atoms with Crippen LogP contribution in [0.15, 0.2) is 5.16 Å². The molecule has 0 aromatic rings. The number of hydrogen-bond acceptors (Lipinski definition) is 3. The third-order valence-electron chi connectivity index (χ3n) is 4.47. The van der Waals surface area contributed by atoms with Crippen LogP contribution in [-0.2, 0) is 4.79 Å². The first kappa shape index (κ1) is 14.8. The summed E-state index contributed by atoms with van der Waals surface area (Å²) in [6.45, 7) is 9.53. The molecule has 5 heteroatoms. The lowest BCUT2D eigenvalue weighted by Crippen LogP contribution is -2.52. The first-order chi connectivity index (χ1) is 8.36. The van der Waals surface area contributed by atoms with Gasteiger partial charge in [0.2, 0.25) is 5.91 Å². The fourth-order valence-corrected chi connectivity index (χ4v) is 2.35. The third kappa shape index (κ3) is 2.60. The van der Waals surface area contributed by atoms with Crippen molar-refractivity contribution in [3.63, 3.8) is 0 Å². The lowest BCUT2D eigenvalue weighted by atomic mass is 9.82. The lowest BCUT2D eigenvalue weighted by Gasteiger charge is -2.39. The van der Waals surface area contributed by atoms with Crippen LogP contribution >= 0.6 is 0 Å². The van der Waals surface area contributed by atoms with E-state index >= 15 is 0 Å². The van der Waals surface area contributed by atoms with E-state index in [4.69, 9.17) is 10.9 Å². The van der Waals surface area contributed by atoms with E-state index in [-0.39, 0.29) is 11.7 Å². The van der Waals surface area contributed by atoms with Gasteiger partial charge in [0.1, 0.15) is 5.41 Å². The van der Waals surface area contributed by atoms with Gasteiger partial charge < -0.3 is 15.8 Å². The Kier molecular flexibility index (Phi) is 4.59. The fourth-order valence-electron chi connectivity index (χ4n) is 2.35. The molecule has 3 N–H and O–H groups in total. The summed E-state index contributed by atoms with van der Waals surface area (Å²) >= 11 is 0. The van der Waals surface area contributed by atoms with Crippen LogP contribution in [0.3, 0.4) is 0 Å². The minimum Gasteiger partial charge on any atom is -0.409 e. The molecule has 1 heterocycles. The number of likely N-dealkylation sites (tertiary alicyclic amines) is 1. The van der Waals surface area contributed by atoms with Gasteiger partial charge >= 0.3 is 0 Å². The maximum Gasteiger partial charge on any atom is 0.236 e. The van der Waals surface area contributed by atoms with Crippen LogP contribution in [0.4, 0.5) is 0 Å². The molecule has 0 aromatic heterocycles. The van der Waals surface area contributed by atoms with E-state index in [9.17, 15) is 4.79 Å². The highest BCUT2D eigenvalue weighted by atomic mass is 16.4. The van der Waals surface area contributed by atoms with Gasteiger partial charge in [-0.3, -0.25) is 4.79 Å². The average Bonchev–Trinajstić information content (AvgIpc) is 2.39. The average molecular weight is 255 g/mol. The van der Waals surface area contributed by atoms with Crippen molar-refractivity contribution >= 4 is 11.7 Å². The van der Waals surface area contributed by atoms with Crippen LogP contribution in [0, 0.1) is 17.3 Å². The van der Waals surface area contributed by atoms with E-state index < -0.39 is 5.41 Å². The van der Waals surface area contributed by atoms with Crippen molar-refractivity contribution in [2.45, 2.75) is 40.5 Å². The third-order valence-corrected chi connectivity index (χ3v) is 4.47. The van der Waals surface area contributed by atoms with Gasteiger partial charge in [-0.1, -0.05) is 25.9 Å². The second-order valence-corrected chi connectivity index (χ2v) is 5.67. The fraction of sp³-hybridized carbons (Fsp3) is 0.846. The summed E-state index contributed by atoms with van der Waals surface area (Å²) in [4.78, 5) is 14.4. The van der Waals surface area contributed by atoms with Crippen molar-refractivity contribution < 1.29 is 10.0 Å². The summed E-state index contributed by atoms with van der Waals surface area (Å²) in [5.74, 6) is 1.11. The van der Waals surface area contributed by atoms with Crippen LogP contribution in [0.1, 0.15) is 40.5 Å². The Labute approximate surface area is 109 Å². The van der Waals surface area contributed by atoms with Crippen LogP contribution in [0.2, 0.25) is 0 Å². The van der Waals surface area contributed by atoms with Crippen molar-refractivity contribution in [1.29, 1.82) is 0 Å². The number of nitrogens with two attached hydrogens (primary N) is 1. The summed E-state index contributed by atoms with van der Waals surface area (Å²) in [5.41, 5.74) is 4.79. The second kappa shape index (κ2) is 5.59. The van der Waals surface area contributed by atoms with E-state index in [0.29, 0.717) is 18.3 Å². The first-order valence-corrected chi connectivity index (χ1v) is 6.64. The molecule has 0 radical (unpaired) electrons. The molecule has 1 rings (SSSR count). The van der Waals surface area contributed by atoms with Crippen LogP contribution in [0.5, 0.6) is 0 Å². The van der Waals surface area contributed by atoms with Crippen LogP contribution < -0.4 is 5.73 Å². The minimum atomic E-state index is -0.894. The van der Waals surface area contributed by atoms with Gasteiger partial charge in [-0.15, -0.1) is 0 Å². The summed E-state index contributed by atoms with van der Waals surface area (Å²) < 4.78 is 0. The molecule has 3 atom stereocenters. The molecule has 3 unspecified atom stereocenters. The van der Waals surface area contributed by atoms with Gasteiger partial charge in [0.05, 0.1) is 0 Å². The number of oxime groups is 1. The molecular formula is C13H25N3O2. The molecule has 0 bridgehead atoms. The van der Waals surface area contributed by atoms with Crippen molar-refractivity contribution in [3.8, 4) is 0 Å². The maximum absolute atomic E-state index is 12.6. The number of amides is 1. The van der Waals surface area contributed by atoms with E-state index in [2.05, 4.69) is 19.0 Å². The number of carbonyl (C=O) groups excluding carboxylic acids is 1. The quantitative estimate of drug-likeness (QED) is 0.348. The number of nitrogens with zero attached hydrogens (tertiary/aromatic N) is 2. The molecule has 104 valence electrons. The highest BCUT2D eigenvalue weighted by molar-refractivity contribution is 6.06. The van der Waals surface area contributed by atoms with Gasteiger partial charge in [-0.05, 0) is 31.6 Å². The van der Waals surface area contributed by atoms with Gasteiger partial charge in [0.25, 0.3) is 0 Å². The molecule has 1 aliphatic heterocycles. The molecule has 18 heavy (non-hydrogen) atoms. The number of carbonyl (C=O) groups is 1. The molecule has 1 aliphatic rings. The highest BCUT2D eigenvalue weighted by Gasteiger charge is 2.41. The molecule has 0 spiro atoms. The number of amidine groups is 1. The normalized spacial score (nSPS) is 28.9. The standard InChI is InChI=1S/C13H25N3O2/c1-5-13(4,11(14)15-18)12(17)16-7-6-9(2)10(3)8-16/h9-10,18H,5-8H2,1-4H3,(H2,14,15). The molecular weight excluding hydrogens is 230 g/mol. The maximum atomic E-state index is 12.6. The Morgan fingerprint density at radius 2 is 2.11 bits per heavy atom. The van der Waals surface area contributed by atoms with E-state index in [0.717, 1.165) is 19.5 Å². The zero-order chi connectivity index (χ0) is 13.9. The first-order valence-electron chi connectivity index (χ1n) is 6.64. The molecule has 0 aromatic carbocycles. The van der Waals surface area contributed by atoms with Crippen LogP contribution in [0.25, 0.3) is 0 Å². The van der Waals surface area contributed by atoms with Crippen molar-refractivity contribution in [2.24, 2.45) is 28.1 Å². The van der Waals surface area contributed by atoms with Gasteiger partial charge in [-0.2, -0.15) is 0 Å². The van der Waals surface area contributed by atoms with Crippen molar-refractivity contribution in [3.05, 3.63) is 0 Å². The monoisotopic (exact) mass is 255 g/mol. The predicted molar refractivity (Wildman–Crippen MR) is 71.3 cm³/mol. The summed E-state index contributed by atoms with van der Waals surface area (Å²) in [6.07, 6.45) is 1.55. The Hall–Kier alpha value is -1.26. The molecule has 5 nitrogen and oxygen atoms in total. The predicted octanol–water partition coefficient (Wildman–Crippen LogP) is 1.65. The zero-order valence-corrected chi connectivity index (χ0v) is 11.8. The molecule has 1 amide bonds. The highest BCUT2D eigenvalue weighted by Crippen LogP contribution is 2.29. The van der Waals surface area contributed by atoms with Gasteiger partial charge in [0.15, 0.2) is 5.84 Å². The zero-order valence-electron chi connectivity index (χ0n) is 11.8. The smallest absolute Gasteiger partial charge is 0.236 e. The van der Waals surface area contributed by atoms with E-state index in [1.807, 2.05) is 11.8 Å². The number of piperidine rings is 1. The SMILES string of the molecule is CCC(C)(C(=O)N1CCC(C)C(C)C1)C(N)=NO. The second-order valence-electron chi connectivity index (χ2n) is 5.67. The van der Waals surface area contributed by atoms with Crippen molar-refractivity contribution in [1.82, 2.24) is 4.90 Å². The van der Waals surface area contributed by atoms with E-state index in [1.54, 1.807) is 6.92 Å². The van der Waals surface area contributed by atoms with Gasteiger partial charge in [-0.25, -0.2) is 0 Å². The molecule has 1 saturated heterocycles. The minimum absolute atomic E-state index is 0.00118. The van der Waals surface area contributed by atoms with E-state index in [1.165, 1.54) is 0 Å². The number of hydrogen-bond donors (Lipinski definition) is 2. The van der Waals surface area contributed by atoms with Crippen molar-refractivity contribution in [2.75, 3.05) is 13.1 Å². The molecule has 1 fully saturated rings. The number of rotatable bonds is 3. The summed E-state index contributed by atoms with van der Waals surface area (Å²) in [6, 6.07) is 0. The van der Waals surface area contributed by atoms with Crippen LogP contribution in [-0.4, -0.2) is 34.9 Å². The van der Waals surface area contributed by atoms with Gasteiger partial charge in [0, 0.05) is 13.1 Å². The Balaban J connectivity index is 2.86.